The van der Waals surface area contributed by atoms with Crippen LogP contribution in [0.15, 0.2) is 42.7 Å². The first-order valence-electron chi connectivity index (χ1n) is 12.3. The van der Waals surface area contributed by atoms with E-state index in [4.69, 9.17) is 21.7 Å². The molecule has 1 aromatic carbocycles. The average Bonchev–Trinajstić information content (AvgIpc) is 3.55. The molecule has 1 unspecified atom stereocenters. The fourth-order valence-electron chi connectivity index (χ4n) is 5.56. The SMILES string of the molecule is CC1(C)CC(=O)N([C@@H](c2cncc(Cl)c2)C2C[C@H]2C(=O)N[C@H]2CC(C)(C)Oc3ccccc32)C(=N)N1. The van der Waals surface area contributed by atoms with Crippen molar-refractivity contribution in [1.82, 2.24) is 20.5 Å². The maximum absolute atomic E-state index is 13.5. The van der Waals surface area contributed by atoms with Crippen LogP contribution in [0.4, 0.5) is 0 Å². The van der Waals surface area contributed by atoms with E-state index in [0.29, 0.717) is 17.9 Å². The highest BCUT2D eigenvalue weighted by Crippen LogP contribution is 2.51. The number of amides is 2. The molecule has 1 aromatic heterocycles. The smallest absolute Gasteiger partial charge is 0.232 e. The van der Waals surface area contributed by atoms with Crippen molar-refractivity contribution in [3.05, 3.63) is 58.9 Å². The van der Waals surface area contributed by atoms with Crippen LogP contribution in [0.25, 0.3) is 0 Å². The Hall–Kier alpha value is -3.13. The molecule has 2 amide bonds. The second kappa shape index (κ2) is 8.76. The van der Waals surface area contributed by atoms with E-state index >= 15 is 0 Å². The second-order valence-corrected chi connectivity index (χ2v) is 11.8. The van der Waals surface area contributed by atoms with Gasteiger partial charge in [0.25, 0.3) is 0 Å². The lowest BCUT2D eigenvalue weighted by molar-refractivity contribution is -0.133. The third-order valence-corrected chi connectivity index (χ3v) is 7.39. The predicted molar refractivity (Wildman–Crippen MR) is 137 cm³/mol. The van der Waals surface area contributed by atoms with Gasteiger partial charge in [-0.3, -0.25) is 24.9 Å². The van der Waals surface area contributed by atoms with Crippen LogP contribution in [0.2, 0.25) is 5.02 Å². The zero-order chi connectivity index (χ0) is 25.8. The zero-order valence-electron chi connectivity index (χ0n) is 21.0. The number of carbonyl (C=O) groups excluding carboxylic acids is 2. The number of pyridine rings is 1. The van der Waals surface area contributed by atoms with Crippen LogP contribution in [-0.4, -0.2) is 38.8 Å². The summed E-state index contributed by atoms with van der Waals surface area (Å²) in [6.45, 7) is 7.83. The Balaban J connectivity index is 1.39. The Morgan fingerprint density at radius 1 is 1.28 bits per heavy atom. The standard InChI is InChI=1S/C27H32ClN5O3/c1-26(2)12-22(34)33(25(29)32-26)23(15-9-16(28)14-30-13-15)18-10-19(18)24(35)31-20-11-27(3,4)36-21-8-6-5-7-17(20)21/h5-9,13-14,18-20,23H,10-12H2,1-4H3,(H2,29,32)(H,31,35)/t18?,19-,20+,23+/m1/s1. The summed E-state index contributed by atoms with van der Waals surface area (Å²) in [6, 6.07) is 8.89. The number of fused-ring (bicyclic) bond motifs is 1. The Bertz CT molecular complexity index is 1210. The minimum absolute atomic E-state index is 0.0346. The molecule has 2 aromatic rings. The lowest BCUT2D eigenvalue weighted by Gasteiger charge is -2.42. The van der Waals surface area contributed by atoms with Gasteiger partial charge in [0.15, 0.2) is 5.96 Å². The summed E-state index contributed by atoms with van der Waals surface area (Å²) in [6.07, 6.45) is 4.72. The molecule has 3 heterocycles. The van der Waals surface area contributed by atoms with E-state index in [1.807, 2.05) is 52.0 Å². The van der Waals surface area contributed by atoms with Crippen LogP contribution in [0, 0.1) is 17.2 Å². The Morgan fingerprint density at radius 3 is 2.75 bits per heavy atom. The van der Waals surface area contributed by atoms with Gasteiger partial charge < -0.3 is 15.4 Å². The van der Waals surface area contributed by atoms with Gasteiger partial charge in [0.05, 0.1) is 17.1 Å². The Kier molecular flexibility index (Phi) is 5.98. The summed E-state index contributed by atoms with van der Waals surface area (Å²) in [5.41, 5.74) is 0.779. The van der Waals surface area contributed by atoms with E-state index in [-0.39, 0.29) is 42.1 Å². The zero-order valence-corrected chi connectivity index (χ0v) is 21.7. The first kappa shape index (κ1) is 24.6. The van der Waals surface area contributed by atoms with Crippen molar-refractivity contribution >= 4 is 29.4 Å². The molecule has 2 aliphatic heterocycles. The molecular formula is C27H32ClN5O3. The van der Waals surface area contributed by atoms with Crippen LogP contribution in [0.1, 0.15) is 70.2 Å². The average molecular weight is 510 g/mol. The van der Waals surface area contributed by atoms with Crippen LogP contribution >= 0.6 is 11.6 Å². The number of hydrogen-bond acceptors (Lipinski definition) is 5. The lowest BCUT2D eigenvalue weighted by Crippen LogP contribution is -2.60. The molecule has 0 spiro atoms. The number of ether oxygens (including phenoxy) is 1. The van der Waals surface area contributed by atoms with E-state index in [1.54, 1.807) is 12.3 Å². The van der Waals surface area contributed by atoms with Crippen LogP contribution in [-0.2, 0) is 9.59 Å². The number of nitrogens with one attached hydrogen (secondary N) is 3. The van der Waals surface area contributed by atoms with Crippen molar-refractivity contribution in [1.29, 1.82) is 5.41 Å². The van der Waals surface area contributed by atoms with Gasteiger partial charge in [0, 0.05) is 42.3 Å². The van der Waals surface area contributed by atoms with E-state index in [2.05, 4.69) is 15.6 Å². The largest absolute Gasteiger partial charge is 0.487 e. The van der Waals surface area contributed by atoms with E-state index < -0.39 is 17.2 Å². The summed E-state index contributed by atoms with van der Waals surface area (Å²) in [5.74, 6) is 0.174. The van der Waals surface area contributed by atoms with E-state index in [9.17, 15) is 9.59 Å². The van der Waals surface area contributed by atoms with Crippen molar-refractivity contribution in [2.24, 2.45) is 11.8 Å². The molecule has 1 saturated heterocycles. The minimum Gasteiger partial charge on any atom is -0.487 e. The van der Waals surface area contributed by atoms with E-state index in [0.717, 1.165) is 16.9 Å². The van der Waals surface area contributed by atoms with Crippen molar-refractivity contribution < 1.29 is 14.3 Å². The molecule has 0 radical (unpaired) electrons. The summed E-state index contributed by atoms with van der Waals surface area (Å²) < 4.78 is 6.11. The predicted octanol–water partition coefficient (Wildman–Crippen LogP) is 4.37. The summed E-state index contributed by atoms with van der Waals surface area (Å²) in [7, 11) is 0. The topological polar surface area (TPSA) is 107 Å². The fourth-order valence-corrected chi connectivity index (χ4v) is 5.74. The van der Waals surface area contributed by atoms with Crippen molar-refractivity contribution in [3.63, 3.8) is 0 Å². The maximum atomic E-state index is 13.5. The third kappa shape index (κ3) is 4.78. The Labute approximate surface area is 216 Å². The number of hydrogen-bond donors (Lipinski definition) is 3. The molecule has 5 rings (SSSR count). The van der Waals surface area contributed by atoms with Gasteiger partial charge in [-0.05, 0) is 57.7 Å². The molecule has 8 nitrogen and oxygen atoms in total. The molecule has 3 N–H and O–H groups in total. The molecule has 190 valence electrons. The van der Waals surface area contributed by atoms with Gasteiger partial charge in [-0.15, -0.1) is 0 Å². The molecule has 1 saturated carbocycles. The molecular weight excluding hydrogens is 478 g/mol. The van der Waals surface area contributed by atoms with Crippen molar-refractivity contribution in [2.45, 2.75) is 70.2 Å². The maximum Gasteiger partial charge on any atom is 0.232 e. The van der Waals surface area contributed by atoms with Gasteiger partial charge in [0.2, 0.25) is 11.8 Å². The lowest BCUT2D eigenvalue weighted by atomic mass is 9.89. The van der Waals surface area contributed by atoms with E-state index in [1.165, 1.54) is 11.1 Å². The van der Waals surface area contributed by atoms with Crippen LogP contribution in [0.5, 0.6) is 5.75 Å². The number of rotatable bonds is 5. The fraction of sp³-hybridized carbons (Fsp3) is 0.481. The molecule has 1 aliphatic carbocycles. The highest BCUT2D eigenvalue weighted by atomic mass is 35.5. The second-order valence-electron chi connectivity index (χ2n) is 11.4. The molecule has 0 bridgehead atoms. The number of aromatic nitrogens is 1. The molecule has 4 atom stereocenters. The highest BCUT2D eigenvalue weighted by Gasteiger charge is 2.54. The van der Waals surface area contributed by atoms with Gasteiger partial charge in [-0.1, -0.05) is 29.8 Å². The number of benzene rings is 1. The Morgan fingerprint density at radius 2 is 2.03 bits per heavy atom. The van der Waals surface area contributed by atoms with Gasteiger partial charge in [-0.2, -0.15) is 0 Å². The monoisotopic (exact) mass is 509 g/mol. The quantitative estimate of drug-likeness (QED) is 0.555. The van der Waals surface area contributed by atoms with Gasteiger partial charge in [-0.25, -0.2) is 0 Å². The number of halogens is 1. The molecule has 3 aliphatic rings. The number of nitrogens with zero attached hydrogens (tertiary/aromatic N) is 2. The highest BCUT2D eigenvalue weighted by molar-refractivity contribution is 6.30. The molecule has 9 heteroatoms. The summed E-state index contributed by atoms with van der Waals surface area (Å²) in [5, 5.41) is 15.4. The summed E-state index contributed by atoms with van der Waals surface area (Å²) in [4.78, 5) is 32.4. The third-order valence-electron chi connectivity index (χ3n) is 7.18. The minimum atomic E-state index is -0.509. The number of guanidine groups is 1. The number of carbonyl (C=O) groups is 2. The van der Waals surface area contributed by atoms with Gasteiger partial charge in [0.1, 0.15) is 11.4 Å². The van der Waals surface area contributed by atoms with Crippen LogP contribution < -0.4 is 15.4 Å². The van der Waals surface area contributed by atoms with Crippen LogP contribution in [0.3, 0.4) is 0 Å². The summed E-state index contributed by atoms with van der Waals surface area (Å²) >= 11 is 6.25. The van der Waals surface area contributed by atoms with Crippen molar-refractivity contribution in [2.75, 3.05) is 0 Å². The van der Waals surface area contributed by atoms with Crippen molar-refractivity contribution in [3.8, 4) is 5.75 Å². The van der Waals surface area contributed by atoms with Gasteiger partial charge >= 0.3 is 0 Å². The molecule has 2 fully saturated rings. The first-order chi connectivity index (χ1) is 16.9. The number of para-hydroxylation sites is 1. The first-order valence-corrected chi connectivity index (χ1v) is 12.7. The normalized spacial score (nSPS) is 26.8. The molecule has 36 heavy (non-hydrogen) atoms.